The molecule has 0 radical (unpaired) electrons. The van der Waals surface area contributed by atoms with E-state index in [4.69, 9.17) is 0 Å². The molecule has 0 aromatic carbocycles. The van der Waals surface area contributed by atoms with Gasteiger partial charge in [-0.3, -0.25) is 0 Å². The molecular formula is C15H30. The van der Waals surface area contributed by atoms with Crippen LogP contribution in [0, 0.1) is 23.7 Å². The third kappa shape index (κ3) is 8.96. The summed E-state index contributed by atoms with van der Waals surface area (Å²) in [5.41, 5.74) is 0. The van der Waals surface area contributed by atoms with Crippen molar-refractivity contribution in [3.63, 3.8) is 0 Å². The second-order valence-electron chi connectivity index (χ2n) is 6.49. The molecule has 0 spiro atoms. The van der Waals surface area contributed by atoms with Crippen molar-refractivity contribution in [2.75, 3.05) is 0 Å². The van der Waals surface area contributed by atoms with E-state index in [2.05, 4.69) is 27.7 Å². The lowest BCUT2D eigenvalue weighted by Gasteiger charge is -2.00. The molecule has 0 aromatic rings. The van der Waals surface area contributed by atoms with Crippen LogP contribution < -0.4 is 0 Å². The van der Waals surface area contributed by atoms with Crippen LogP contribution in [0.4, 0.5) is 0 Å². The van der Waals surface area contributed by atoms with Gasteiger partial charge in [-0.1, -0.05) is 66.2 Å². The molecule has 2 rings (SSSR count). The van der Waals surface area contributed by atoms with Gasteiger partial charge >= 0.3 is 0 Å². The van der Waals surface area contributed by atoms with Gasteiger partial charge in [-0.25, -0.2) is 0 Å². The van der Waals surface area contributed by atoms with E-state index in [9.17, 15) is 0 Å². The zero-order valence-corrected chi connectivity index (χ0v) is 11.3. The van der Waals surface area contributed by atoms with E-state index in [1.165, 1.54) is 44.9 Å². The number of rotatable bonds is 5. The Morgan fingerprint density at radius 1 is 0.800 bits per heavy atom. The van der Waals surface area contributed by atoms with Gasteiger partial charge in [0.05, 0.1) is 0 Å². The highest BCUT2D eigenvalue weighted by molar-refractivity contribution is 4.73. The first-order valence-corrected chi connectivity index (χ1v) is 7.08. The Bertz CT molecular complexity index is 147. The van der Waals surface area contributed by atoms with Crippen LogP contribution in [-0.4, -0.2) is 0 Å². The molecule has 2 aliphatic carbocycles. The van der Waals surface area contributed by atoms with E-state index in [1.807, 2.05) is 0 Å². The largest absolute Gasteiger partial charge is 0.0628 e. The fourth-order valence-corrected chi connectivity index (χ4v) is 2.00. The molecule has 0 unspecified atom stereocenters. The van der Waals surface area contributed by atoms with Crippen molar-refractivity contribution in [3.05, 3.63) is 0 Å². The van der Waals surface area contributed by atoms with Crippen LogP contribution in [0.1, 0.15) is 72.6 Å². The van der Waals surface area contributed by atoms with Gasteiger partial charge in [0.1, 0.15) is 0 Å². The maximum atomic E-state index is 2.31. The van der Waals surface area contributed by atoms with Crippen molar-refractivity contribution in [1.82, 2.24) is 0 Å². The van der Waals surface area contributed by atoms with Crippen LogP contribution in [0.25, 0.3) is 0 Å². The minimum absolute atomic E-state index is 0.926. The molecule has 0 heteroatoms. The zero-order chi connectivity index (χ0) is 11.3. The number of hydrogen-bond acceptors (Lipinski definition) is 0. The van der Waals surface area contributed by atoms with Crippen molar-refractivity contribution in [2.24, 2.45) is 23.7 Å². The maximum Gasteiger partial charge on any atom is -0.0412 e. The quantitative estimate of drug-likeness (QED) is 0.579. The van der Waals surface area contributed by atoms with Crippen molar-refractivity contribution in [2.45, 2.75) is 72.6 Å². The topological polar surface area (TPSA) is 0 Å². The van der Waals surface area contributed by atoms with E-state index in [-0.39, 0.29) is 0 Å². The Morgan fingerprint density at radius 2 is 1.33 bits per heavy atom. The fraction of sp³-hybridized carbons (Fsp3) is 1.00. The average molecular weight is 210 g/mol. The van der Waals surface area contributed by atoms with Gasteiger partial charge in [0.2, 0.25) is 0 Å². The molecule has 0 saturated heterocycles. The smallest absolute Gasteiger partial charge is 0.0412 e. The molecule has 0 heterocycles. The Balaban J connectivity index is 0.000000151. The van der Waals surface area contributed by atoms with Gasteiger partial charge in [0, 0.05) is 0 Å². The Morgan fingerprint density at radius 3 is 1.60 bits per heavy atom. The Kier molecular flexibility index (Phi) is 5.71. The monoisotopic (exact) mass is 210 g/mol. The van der Waals surface area contributed by atoms with E-state index in [0.29, 0.717) is 0 Å². The van der Waals surface area contributed by atoms with E-state index >= 15 is 0 Å². The maximum absolute atomic E-state index is 2.31. The Hall–Kier alpha value is 0. The van der Waals surface area contributed by atoms with Crippen LogP contribution in [0.2, 0.25) is 0 Å². The second kappa shape index (κ2) is 6.55. The fourth-order valence-electron chi connectivity index (χ4n) is 2.00. The van der Waals surface area contributed by atoms with Gasteiger partial charge in [0.15, 0.2) is 0 Å². The van der Waals surface area contributed by atoms with Crippen molar-refractivity contribution >= 4 is 0 Å². The molecule has 2 aliphatic rings. The summed E-state index contributed by atoms with van der Waals surface area (Å²) in [7, 11) is 0. The molecule has 0 N–H and O–H groups in total. The van der Waals surface area contributed by atoms with Gasteiger partial charge < -0.3 is 0 Å². The summed E-state index contributed by atoms with van der Waals surface area (Å²) in [5.74, 6) is 4.13. The first-order valence-electron chi connectivity index (χ1n) is 7.08. The lowest BCUT2D eigenvalue weighted by molar-refractivity contribution is 0.528. The molecular weight excluding hydrogens is 180 g/mol. The molecule has 15 heavy (non-hydrogen) atoms. The van der Waals surface area contributed by atoms with E-state index in [1.54, 1.807) is 0 Å². The third-order valence-electron chi connectivity index (χ3n) is 3.35. The lowest BCUT2D eigenvalue weighted by atomic mass is 10.1. The molecule has 0 nitrogen and oxygen atoms in total. The predicted molar refractivity (Wildman–Crippen MR) is 69.0 cm³/mol. The molecule has 0 aromatic heterocycles. The number of hydrogen-bond donors (Lipinski definition) is 0. The van der Waals surface area contributed by atoms with Crippen LogP contribution in [0.3, 0.4) is 0 Å². The van der Waals surface area contributed by atoms with E-state index < -0.39 is 0 Å². The molecule has 90 valence electrons. The van der Waals surface area contributed by atoms with Crippen LogP contribution in [0.15, 0.2) is 0 Å². The van der Waals surface area contributed by atoms with E-state index in [0.717, 1.165) is 23.7 Å². The van der Waals surface area contributed by atoms with Gasteiger partial charge in [-0.15, -0.1) is 0 Å². The standard InChI is InChI=1S/C8H16.C7H14/c1-7(2)3-4-8-5-6-8;1-6(2)5-7-3-4-7/h7-8H,3-6H2,1-2H3;6-7H,3-5H2,1-2H3. The highest BCUT2D eigenvalue weighted by Gasteiger charge is 2.21. The summed E-state index contributed by atoms with van der Waals surface area (Å²) in [6.07, 6.45) is 10.5. The first kappa shape index (κ1) is 13.1. The highest BCUT2D eigenvalue weighted by atomic mass is 14.3. The summed E-state index contributed by atoms with van der Waals surface area (Å²) < 4.78 is 0. The van der Waals surface area contributed by atoms with Crippen molar-refractivity contribution < 1.29 is 0 Å². The summed E-state index contributed by atoms with van der Waals surface area (Å²) in [6.45, 7) is 9.22. The molecule has 0 bridgehead atoms. The van der Waals surface area contributed by atoms with Gasteiger partial charge in [0.25, 0.3) is 0 Å². The van der Waals surface area contributed by atoms with Crippen molar-refractivity contribution in [3.8, 4) is 0 Å². The molecule has 0 aliphatic heterocycles. The Labute approximate surface area is 96.8 Å². The zero-order valence-electron chi connectivity index (χ0n) is 11.3. The highest BCUT2D eigenvalue weighted by Crippen LogP contribution is 2.35. The minimum Gasteiger partial charge on any atom is -0.0628 e. The summed E-state index contributed by atoms with van der Waals surface area (Å²) in [5, 5.41) is 0. The summed E-state index contributed by atoms with van der Waals surface area (Å²) in [6, 6.07) is 0. The van der Waals surface area contributed by atoms with Crippen LogP contribution >= 0.6 is 0 Å². The predicted octanol–water partition coefficient (Wildman–Crippen LogP) is 5.28. The van der Waals surface area contributed by atoms with Crippen molar-refractivity contribution in [1.29, 1.82) is 0 Å². The molecule has 2 saturated carbocycles. The minimum atomic E-state index is 0.926. The normalized spacial score (nSPS) is 20.4. The van der Waals surface area contributed by atoms with Crippen LogP contribution in [-0.2, 0) is 0 Å². The summed E-state index contributed by atoms with van der Waals surface area (Å²) in [4.78, 5) is 0. The molecule has 0 amide bonds. The average Bonchev–Trinajstić information content (AvgIpc) is 2.96. The molecule has 2 fully saturated rings. The SMILES string of the molecule is CC(C)CC1CC1.CC(C)CCC1CC1. The molecule has 0 atom stereocenters. The third-order valence-corrected chi connectivity index (χ3v) is 3.35. The van der Waals surface area contributed by atoms with Gasteiger partial charge in [-0.05, 0) is 30.1 Å². The second-order valence-corrected chi connectivity index (χ2v) is 6.49. The van der Waals surface area contributed by atoms with Gasteiger partial charge in [-0.2, -0.15) is 0 Å². The lowest BCUT2D eigenvalue weighted by Crippen LogP contribution is -1.86. The van der Waals surface area contributed by atoms with Crippen LogP contribution in [0.5, 0.6) is 0 Å². The first-order chi connectivity index (χ1) is 7.08. The summed E-state index contributed by atoms with van der Waals surface area (Å²) >= 11 is 0.